The van der Waals surface area contributed by atoms with Crippen LogP contribution in [0.15, 0.2) is 73.1 Å². The number of likely N-dealkylation sites (tertiary alicyclic amines) is 1. The van der Waals surface area contributed by atoms with Crippen LogP contribution in [0.2, 0.25) is 5.02 Å². The summed E-state index contributed by atoms with van der Waals surface area (Å²) in [5.74, 6) is -4.03. The van der Waals surface area contributed by atoms with E-state index in [0.29, 0.717) is 46.2 Å². The van der Waals surface area contributed by atoms with Crippen molar-refractivity contribution in [3.8, 4) is 5.69 Å². The first-order chi connectivity index (χ1) is 29.3. The summed E-state index contributed by atoms with van der Waals surface area (Å²) >= 11 is 6.32. The molecule has 4 N–H and O–H groups in total. The van der Waals surface area contributed by atoms with Gasteiger partial charge in [-0.15, -0.1) is 5.10 Å². The number of carboxylic acids is 1. The van der Waals surface area contributed by atoms with E-state index >= 15 is 0 Å². The van der Waals surface area contributed by atoms with Crippen LogP contribution in [0.5, 0.6) is 0 Å². The number of piperazine rings is 1. The second kappa shape index (κ2) is 18.2. The van der Waals surface area contributed by atoms with Crippen LogP contribution in [-0.4, -0.2) is 151 Å². The fourth-order valence-electron chi connectivity index (χ4n) is 7.36. The number of likely N-dealkylation sites (N-methyl/N-ethyl adjacent to an activating group) is 1. The maximum absolute atomic E-state index is 14.3. The number of aromatic carboxylic acids is 1. The van der Waals surface area contributed by atoms with E-state index in [9.17, 15) is 39.0 Å². The summed E-state index contributed by atoms with van der Waals surface area (Å²) < 4.78 is 7.90. The molecule has 0 radical (unpaired) electrons. The molecule has 0 aliphatic carbocycles. The maximum atomic E-state index is 14.3. The number of anilines is 3. The number of carboxylic acid groups (broad SMARTS) is 2. The van der Waals surface area contributed by atoms with E-state index in [4.69, 9.17) is 16.3 Å². The molecule has 0 saturated carbocycles. The quantitative estimate of drug-likeness (QED) is 0.124. The third kappa shape index (κ3) is 9.45. The zero-order valence-corrected chi connectivity index (χ0v) is 33.9. The normalized spacial score (nSPS) is 15.4. The van der Waals surface area contributed by atoms with Crippen LogP contribution in [0.4, 0.5) is 26.7 Å². The number of tetrazole rings is 1. The van der Waals surface area contributed by atoms with Gasteiger partial charge in [0.25, 0.3) is 0 Å². The number of halogens is 1. The Morgan fingerprint density at radius 2 is 1.62 bits per heavy atom. The Balaban J connectivity index is 1.10. The molecule has 0 spiro atoms. The van der Waals surface area contributed by atoms with E-state index in [2.05, 4.69) is 31.1 Å². The lowest BCUT2D eigenvalue weighted by atomic mass is 10.0. The van der Waals surface area contributed by atoms with Crippen LogP contribution < -0.4 is 15.5 Å². The molecule has 4 heterocycles. The predicted octanol–water partition coefficient (Wildman–Crippen LogP) is 3.49. The second-order valence-electron chi connectivity index (χ2n) is 14.8. The van der Waals surface area contributed by atoms with E-state index < -0.39 is 41.5 Å². The number of rotatable bonds is 13. The fourth-order valence-corrected chi connectivity index (χ4v) is 7.52. The van der Waals surface area contributed by atoms with Gasteiger partial charge in [-0.1, -0.05) is 23.7 Å². The maximum Gasteiger partial charge on any atom is 0.416 e. The zero-order chi connectivity index (χ0) is 43.4. The van der Waals surface area contributed by atoms with Crippen molar-refractivity contribution < 1.29 is 43.7 Å². The number of carbonyl (C=O) groups is 6. The SMILES string of the molecule is CN(C)CCOC1CCN(C(=O)Nc2ccc(CC(C(=O)Nc3ccc4c(c3)cc(C(=O)O)n4C(=O)O)N3CCN(c4cc(Cl)ccc4-n4cnnn4)C(=O)C3=O)cc2)CC1. The van der Waals surface area contributed by atoms with Gasteiger partial charge in [-0.3, -0.25) is 14.4 Å². The van der Waals surface area contributed by atoms with Crippen molar-refractivity contribution in [1.82, 2.24) is 39.5 Å². The number of piperidine rings is 1. The summed E-state index contributed by atoms with van der Waals surface area (Å²) in [4.78, 5) is 85.2. The summed E-state index contributed by atoms with van der Waals surface area (Å²) in [6, 6.07) is 15.3. The monoisotopic (exact) mass is 855 g/mol. The summed E-state index contributed by atoms with van der Waals surface area (Å²) in [6.45, 7) is 2.44. The van der Waals surface area contributed by atoms with Gasteiger partial charge < -0.3 is 45.2 Å². The average molecular weight is 856 g/mol. The van der Waals surface area contributed by atoms with Gasteiger partial charge in [-0.05, 0) is 97.5 Å². The number of nitrogens with zero attached hydrogens (tertiary/aromatic N) is 9. The van der Waals surface area contributed by atoms with Gasteiger partial charge in [0.2, 0.25) is 5.91 Å². The highest BCUT2D eigenvalue weighted by Gasteiger charge is 2.41. The lowest BCUT2D eigenvalue weighted by molar-refractivity contribution is -0.149. The Hall–Kier alpha value is -6.90. The third-order valence-electron chi connectivity index (χ3n) is 10.5. The first-order valence-corrected chi connectivity index (χ1v) is 19.6. The van der Waals surface area contributed by atoms with Gasteiger partial charge in [0.15, 0.2) is 0 Å². The zero-order valence-electron chi connectivity index (χ0n) is 33.1. The minimum atomic E-state index is -1.50. The molecule has 3 aromatic carbocycles. The fraction of sp³-hybridized carbons (Fsp3) is 0.325. The number of carbonyl (C=O) groups excluding carboxylic acids is 4. The first-order valence-electron chi connectivity index (χ1n) is 19.3. The molecule has 1 atom stereocenters. The Morgan fingerprint density at radius 3 is 2.30 bits per heavy atom. The van der Waals surface area contributed by atoms with Crippen LogP contribution in [0.1, 0.15) is 28.9 Å². The van der Waals surface area contributed by atoms with Crippen molar-refractivity contribution in [3.05, 3.63) is 89.3 Å². The van der Waals surface area contributed by atoms with Crippen LogP contribution in [0.25, 0.3) is 16.6 Å². The molecule has 2 aliphatic rings. The highest BCUT2D eigenvalue weighted by Crippen LogP contribution is 2.31. The Bertz CT molecular complexity index is 2470. The molecule has 2 aromatic heterocycles. The molecule has 1 unspecified atom stereocenters. The molecular formula is C40H42ClN11O9. The Labute approximate surface area is 353 Å². The number of hydrogen-bond acceptors (Lipinski definition) is 11. The van der Waals surface area contributed by atoms with Crippen molar-refractivity contribution in [1.29, 1.82) is 0 Å². The van der Waals surface area contributed by atoms with Crippen molar-refractivity contribution in [3.63, 3.8) is 0 Å². The van der Waals surface area contributed by atoms with Crippen molar-refractivity contribution in [2.45, 2.75) is 31.4 Å². The number of ether oxygens (including phenoxy) is 1. The molecule has 5 aromatic rings. The molecule has 2 aliphatic heterocycles. The number of aromatic nitrogens is 5. The number of fused-ring (bicyclic) bond motifs is 1. The minimum absolute atomic E-state index is 0.0269. The minimum Gasteiger partial charge on any atom is -0.477 e. The van der Waals surface area contributed by atoms with E-state index in [1.165, 1.54) is 51.1 Å². The highest BCUT2D eigenvalue weighted by atomic mass is 35.5. The molecule has 5 amide bonds. The van der Waals surface area contributed by atoms with Gasteiger partial charge in [-0.25, -0.2) is 19.0 Å². The molecule has 0 bridgehead atoms. The van der Waals surface area contributed by atoms with Crippen LogP contribution in [0, 0.1) is 0 Å². The first kappa shape index (κ1) is 42.2. The standard InChI is InChI=1S/C40H42ClN11O9/c1-47(2)17-18-61-29-11-13-48(14-12-29)39(58)44-27-6-3-24(4-7-27)19-33(35(53)43-28-8-10-30-25(20-28)21-34(38(56)57)52(30)40(59)60)50-16-15-49(36(54)37(50)55)32-22-26(41)5-9-31(32)51-23-42-45-46-51/h3-10,20-23,29,33H,11-19H2,1-2H3,(H,43,53)(H,44,58)(H,56,57)(H,59,60). The molecule has 2 saturated heterocycles. The number of amides is 5. The second-order valence-corrected chi connectivity index (χ2v) is 15.2. The Morgan fingerprint density at radius 1 is 0.885 bits per heavy atom. The molecule has 21 heteroatoms. The predicted molar refractivity (Wildman–Crippen MR) is 221 cm³/mol. The smallest absolute Gasteiger partial charge is 0.416 e. The van der Waals surface area contributed by atoms with Gasteiger partial charge in [0.1, 0.15) is 18.1 Å². The summed E-state index contributed by atoms with van der Waals surface area (Å²) in [6.07, 6.45) is 1.33. The van der Waals surface area contributed by atoms with E-state index in [1.807, 2.05) is 14.1 Å². The van der Waals surface area contributed by atoms with Crippen molar-refractivity contribution >= 4 is 75.4 Å². The van der Waals surface area contributed by atoms with Crippen LogP contribution in [0.3, 0.4) is 0 Å². The number of urea groups is 1. The number of hydrogen-bond donors (Lipinski definition) is 4. The molecule has 20 nitrogen and oxygen atoms in total. The third-order valence-corrected chi connectivity index (χ3v) is 10.7. The van der Waals surface area contributed by atoms with E-state index in [0.717, 1.165) is 19.4 Å². The number of benzene rings is 3. The average Bonchev–Trinajstić information content (AvgIpc) is 3.91. The highest BCUT2D eigenvalue weighted by molar-refractivity contribution is 6.41. The molecular weight excluding hydrogens is 814 g/mol. The summed E-state index contributed by atoms with van der Waals surface area (Å²) in [7, 11) is 3.97. The van der Waals surface area contributed by atoms with Gasteiger partial charge in [0.05, 0.1) is 29.6 Å². The van der Waals surface area contributed by atoms with Crippen LogP contribution >= 0.6 is 11.6 Å². The summed E-state index contributed by atoms with van der Waals surface area (Å²) in [5, 5.41) is 36.7. The molecule has 2 fully saturated rings. The topological polar surface area (TPSA) is 238 Å². The molecule has 318 valence electrons. The molecule has 61 heavy (non-hydrogen) atoms. The Kier molecular flexibility index (Phi) is 12.6. The summed E-state index contributed by atoms with van der Waals surface area (Å²) in [5.41, 5.74) is 1.56. The lowest BCUT2D eigenvalue weighted by Gasteiger charge is -2.38. The lowest BCUT2D eigenvalue weighted by Crippen LogP contribution is -2.60. The number of nitrogens with one attached hydrogen (secondary N) is 2. The van der Waals surface area contributed by atoms with E-state index in [1.54, 1.807) is 41.3 Å². The van der Waals surface area contributed by atoms with Gasteiger partial charge in [-0.2, -0.15) is 4.68 Å². The van der Waals surface area contributed by atoms with Gasteiger partial charge in [0, 0.05) is 60.9 Å². The van der Waals surface area contributed by atoms with Crippen molar-refractivity contribution in [2.75, 3.05) is 69.0 Å². The molecule has 7 rings (SSSR count). The van der Waals surface area contributed by atoms with Gasteiger partial charge >= 0.3 is 29.9 Å². The van der Waals surface area contributed by atoms with Crippen LogP contribution in [-0.2, 0) is 25.5 Å². The van der Waals surface area contributed by atoms with E-state index in [-0.39, 0.29) is 53.9 Å². The van der Waals surface area contributed by atoms with Crippen molar-refractivity contribution in [2.24, 2.45) is 0 Å². The largest absolute Gasteiger partial charge is 0.477 e.